The smallest absolute Gasteiger partial charge is 0.323 e. The van der Waals surface area contributed by atoms with Crippen LogP contribution >= 0.6 is 0 Å². The number of esters is 2. The fourth-order valence-corrected chi connectivity index (χ4v) is 2.24. The van der Waals surface area contributed by atoms with Gasteiger partial charge in [0.1, 0.15) is 6.04 Å². The number of hydrogen-bond acceptors (Lipinski definition) is 6. The van der Waals surface area contributed by atoms with E-state index in [1.165, 1.54) is 0 Å². The van der Waals surface area contributed by atoms with Crippen LogP contribution in [0.1, 0.15) is 65.7 Å². The summed E-state index contributed by atoms with van der Waals surface area (Å²) in [4.78, 5) is 23.3. The van der Waals surface area contributed by atoms with E-state index in [9.17, 15) is 14.7 Å². The zero-order valence-corrected chi connectivity index (χ0v) is 14.8. The predicted octanol–water partition coefficient (Wildman–Crippen LogP) is 2.18. The number of hydrogen-bond donors (Lipinski definition) is 2. The van der Waals surface area contributed by atoms with Crippen molar-refractivity contribution in [1.82, 2.24) is 5.32 Å². The Hall–Kier alpha value is -1.14. The summed E-state index contributed by atoms with van der Waals surface area (Å²) in [6.45, 7) is 6.77. The van der Waals surface area contributed by atoms with Crippen LogP contribution < -0.4 is 5.32 Å². The second-order valence-electron chi connectivity index (χ2n) is 5.54. The first-order valence-electron chi connectivity index (χ1n) is 8.78. The standard InChI is InChI=1S/C17H33NO5/c1-4-7-8-9-14(19)12-13-18-15(17(21)23-6-3)10-11-16(20)22-5-2/h14-15,18-19H,4-13H2,1-3H3. The molecule has 0 fully saturated rings. The molecule has 0 aromatic heterocycles. The van der Waals surface area contributed by atoms with Gasteiger partial charge in [-0.25, -0.2) is 0 Å². The molecular formula is C17H33NO5. The SMILES string of the molecule is CCCCCC(O)CCNC(CCC(=O)OCC)C(=O)OCC. The first kappa shape index (κ1) is 21.9. The van der Waals surface area contributed by atoms with Crippen LogP contribution in [-0.2, 0) is 19.1 Å². The number of nitrogens with one attached hydrogen (secondary N) is 1. The van der Waals surface area contributed by atoms with Crippen LogP contribution in [0.5, 0.6) is 0 Å². The molecule has 0 saturated carbocycles. The Labute approximate surface area is 139 Å². The molecule has 0 spiro atoms. The minimum absolute atomic E-state index is 0.170. The van der Waals surface area contributed by atoms with Crippen molar-refractivity contribution in [2.45, 2.75) is 77.9 Å². The van der Waals surface area contributed by atoms with Crippen LogP contribution in [0.25, 0.3) is 0 Å². The van der Waals surface area contributed by atoms with Crippen LogP contribution in [-0.4, -0.2) is 48.9 Å². The van der Waals surface area contributed by atoms with E-state index in [0.717, 1.165) is 25.7 Å². The summed E-state index contributed by atoms with van der Waals surface area (Å²) in [5.74, 6) is -0.680. The normalized spacial score (nSPS) is 13.4. The lowest BCUT2D eigenvalue weighted by molar-refractivity contribution is -0.147. The van der Waals surface area contributed by atoms with Crippen molar-refractivity contribution >= 4 is 11.9 Å². The van der Waals surface area contributed by atoms with Gasteiger partial charge < -0.3 is 19.9 Å². The Morgan fingerprint density at radius 1 is 1.00 bits per heavy atom. The average Bonchev–Trinajstić information content (AvgIpc) is 2.51. The van der Waals surface area contributed by atoms with Gasteiger partial charge in [0.25, 0.3) is 0 Å². The van der Waals surface area contributed by atoms with Crippen molar-refractivity contribution in [3.63, 3.8) is 0 Å². The highest BCUT2D eigenvalue weighted by atomic mass is 16.5. The Bertz CT molecular complexity index is 322. The van der Waals surface area contributed by atoms with Gasteiger partial charge >= 0.3 is 11.9 Å². The Balaban J connectivity index is 4.15. The van der Waals surface area contributed by atoms with E-state index < -0.39 is 6.04 Å². The highest BCUT2D eigenvalue weighted by Crippen LogP contribution is 2.07. The lowest BCUT2D eigenvalue weighted by Gasteiger charge is -2.18. The molecule has 0 aliphatic rings. The molecule has 0 bridgehead atoms. The predicted molar refractivity (Wildman–Crippen MR) is 89.1 cm³/mol. The summed E-state index contributed by atoms with van der Waals surface area (Å²) in [7, 11) is 0. The highest BCUT2D eigenvalue weighted by Gasteiger charge is 2.21. The number of rotatable bonds is 14. The molecule has 2 unspecified atom stereocenters. The van der Waals surface area contributed by atoms with Gasteiger partial charge in [0.05, 0.1) is 19.3 Å². The molecule has 0 amide bonds. The molecule has 0 aromatic carbocycles. The van der Waals surface area contributed by atoms with Gasteiger partial charge in [-0.15, -0.1) is 0 Å². The lowest BCUT2D eigenvalue weighted by Crippen LogP contribution is -2.40. The van der Waals surface area contributed by atoms with Gasteiger partial charge in [0, 0.05) is 6.42 Å². The maximum atomic E-state index is 11.9. The molecule has 6 heteroatoms. The minimum atomic E-state index is -0.540. The highest BCUT2D eigenvalue weighted by molar-refractivity contribution is 5.77. The maximum absolute atomic E-state index is 11.9. The Morgan fingerprint density at radius 2 is 1.70 bits per heavy atom. The molecule has 0 aliphatic carbocycles. The van der Waals surface area contributed by atoms with Crippen LogP contribution in [0.3, 0.4) is 0 Å². The fraction of sp³-hybridized carbons (Fsp3) is 0.882. The van der Waals surface area contributed by atoms with Crippen molar-refractivity contribution in [3.05, 3.63) is 0 Å². The topological polar surface area (TPSA) is 84.9 Å². The first-order valence-corrected chi connectivity index (χ1v) is 8.78. The third-order valence-corrected chi connectivity index (χ3v) is 3.52. The fourth-order valence-electron chi connectivity index (χ4n) is 2.24. The number of aliphatic hydroxyl groups is 1. The monoisotopic (exact) mass is 331 g/mol. The van der Waals surface area contributed by atoms with E-state index in [2.05, 4.69) is 12.2 Å². The van der Waals surface area contributed by atoms with E-state index in [-0.39, 0.29) is 24.5 Å². The zero-order valence-electron chi connectivity index (χ0n) is 14.8. The van der Waals surface area contributed by atoms with Gasteiger partial charge in [0.15, 0.2) is 0 Å². The summed E-state index contributed by atoms with van der Waals surface area (Å²) in [6.07, 6.45) is 4.78. The number of carbonyl (C=O) groups is 2. The zero-order chi connectivity index (χ0) is 17.5. The van der Waals surface area contributed by atoms with E-state index >= 15 is 0 Å². The summed E-state index contributed by atoms with van der Waals surface area (Å²) in [6, 6.07) is -0.540. The van der Waals surface area contributed by atoms with Gasteiger partial charge in [-0.2, -0.15) is 0 Å². The van der Waals surface area contributed by atoms with Crippen molar-refractivity contribution in [3.8, 4) is 0 Å². The Kier molecular flexibility index (Phi) is 13.7. The molecule has 0 aromatic rings. The van der Waals surface area contributed by atoms with Crippen molar-refractivity contribution in [2.75, 3.05) is 19.8 Å². The lowest BCUT2D eigenvalue weighted by atomic mass is 10.1. The van der Waals surface area contributed by atoms with Gasteiger partial charge in [0.2, 0.25) is 0 Å². The molecule has 0 rings (SSSR count). The largest absolute Gasteiger partial charge is 0.466 e. The second-order valence-corrected chi connectivity index (χ2v) is 5.54. The molecule has 23 heavy (non-hydrogen) atoms. The van der Waals surface area contributed by atoms with Crippen molar-refractivity contribution < 1.29 is 24.2 Å². The second kappa shape index (κ2) is 14.5. The molecule has 2 N–H and O–H groups in total. The van der Waals surface area contributed by atoms with Gasteiger partial charge in [-0.1, -0.05) is 26.2 Å². The molecule has 0 radical (unpaired) electrons. The molecule has 2 atom stereocenters. The van der Waals surface area contributed by atoms with E-state index in [1.807, 2.05) is 0 Å². The van der Waals surface area contributed by atoms with Crippen LogP contribution in [0.4, 0.5) is 0 Å². The molecule has 0 saturated heterocycles. The van der Waals surface area contributed by atoms with Gasteiger partial charge in [-0.3, -0.25) is 9.59 Å². The van der Waals surface area contributed by atoms with Crippen LogP contribution in [0, 0.1) is 0 Å². The van der Waals surface area contributed by atoms with E-state index in [4.69, 9.17) is 9.47 Å². The maximum Gasteiger partial charge on any atom is 0.323 e. The van der Waals surface area contributed by atoms with E-state index in [1.54, 1.807) is 13.8 Å². The van der Waals surface area contributed by atoms with Crippen LogP contribution in [0.15, 0.2) is 0 Å². The molecule has 0 heterocycles. The summed E-state index contributed by atoms with van der Waals surface area (Å²) in [5, 5.41) is 13.0. The average molecular weight is 331 g/mol. The third kappa shape index (κ3) is 12.0. The number of ether oxygens (including phenoxy) is 2. The third-order valence-electron chi connectivity index (χ3n) is 3.52. The molecule has 0 aliphatic heterocycles. The summed E-state index contributed by atoms with van der Waals surface area (Å²) >= 11 is 0. The molecular weight excluding hydrogens is 298 g/mol. The van der Waals surface area contributed by atoms with Gasteiger partial charge in [-0.05, 0) is 39.7 Å². The molecule has 136 valence electrons. The Morgan fingerprint density at radius 3 is 2.30 bits per heavy atom. The number of aliphatic hydroxyl groups excluding tert-OH is 1. The number of carbonyl (C=O) groups excluding carboxylic acids is 2. The number of unbranched alkanes of at least 4 members (excludes halogenated alkanes) is 2. The summed E-state index contributed by atoms with van der Waals surface area (Å²) in [5.41, 5.74) is 0. The minimum Gasteiger partial charge on any atom is -0.466 e. The van der Waals surface area contributed by atoms with E-state index in [0.29, 0.717) is 32.6 Å². The first-order chi connectivity index (χ1) is 11.0. The quantitative estimate of drug-likeness (QED) is 0.375. The van der Waals surface area contributed by atoms with Crippen molar-refractivity contribution in [2.24, 2.45) is 0 Å². The van der Waals surface area contributed by atoms with Crippen molar-refractivity contribution in [1.29, 1.82) is 0 Å². The summed E-state index contributed by atoms with van der Waals surface area (Å²) < 4.78 is 9.89. The van der Waals surface area contributed by atoms with Crippen LogP contribution in [0.2, 0.25) is 0 Å². The molecule has 6 nitrogen and oxygen atoms in total.